The maximum absolute atomic E-state index is 6.02. The average Bonchev–Trinajstić information content (AvgIpc) is 2.64. The minimum Gasteiger partial charge on any atom is -0.370 e. The molecular formula is C22H30N4. The van der Waals surface area contributed by atoms with E-state index in [-0.39, 0.29) is 0 Å². The van der Waals surface area contributed by atoms with Crippen LogP contribution in [0.5, 0.6) is 0 Å². The molecule has 0 unspecified atom stereocenters. The zero-order chi connectivity index (χ0) is 18.4. The molecule has 0 radical (unpaired) electrons. The number of nitrogens with two attached hydrogens (primary N) is 1. The third-order valence-electron chi connectivity index (χ3n) is 5.03. The monoisotopic (exact) mass is 350 g/mol. The van der Waals surface area contributed by atoms with Gasteiger partial charge in [0.15, 0.2) is 5.96 Å². The van der Waals surface area contributed by atoms with Gasteiger partial charge in [-0.25, -0.2) is 4.99 Å². The van der Waals surface area contributed by atoms with Gasteiger partial charge >= 0.3 is 0 Å². The molecule has 1 saturated heterocycles. The number of nitrogens with one attached hydrogen (secondary N) is 1. The first-order valence-corrected chi connectivity index (χ1v) is 9.52. The van der Waals surface area contributed by atoms with Crippen molar-refractivity contribution in [1.82, 2.24) is 4.90 Å². The molecule has 1 aliphatic rings. The van der Waals surface area contributed by atoms with Gasteiger partial charge in [-0.05, 0) is 62.0 Å². The zero-order valence-electron chi connectivity index (χ0n) is 15.9. The number of hydrogen-bond acceptors (Lipinski definition) is 2. The van der Waals surface area contributed by atoms with E-state index < -0.39 is 0 Å². The lowest BCUT2D eigenvalue weighted by Gasteiger charge is -2.30. The Balaban J connectivity index is 1.55. The lowest BCUT2D eigenvalue weighted by atomic mass is 9.98. The molecule has 0 aromatic heterocycles. The molecule has 2 aromatic carbocycles. The number of nitrogens with zero attached hydrogens (tertiary/aromatic N) is 2. The predicted octanol–water partition coefficient (Wildman–Crippen LogP) is 4.15. The molecule has 0 spiro atoms. The van der Waals surface area contributed by atoms with E-state index in [2.05, 4.69) is 65.5 Å². The summed E-state index contributed by atoms with van der Waals surface area (Å²) in [5.74, 6) is 1.32. The Morgan fingerprint density at radius 3 is 2.54 bits per heavy atom. The van der Waals surface area contributed by atoms with E-state index in [0.717, 1.165) is 18.2 Å². The molecule has 2 aromatic rings. The molecule has 3 rings (SSSR count). The van der Waals surface area contributed by atoms with Crippen LogP contribution in [-0.2, 0) is 13.1 Å². The molecule has 1 aliphatic heterocycles. The molecule has 1 heterocycles. The summed E-state index contributed by atoms with van der Waals surface area (Å²) in [7, 11) is 0. The summed E-state index contributed by atoms with van der Waals surface area (Å²) in [5.41, 5.74) is 10.8. The van der Waals surface area contributed by atoms with Gasteiger partial charge < -0.3 is 11.1 Å². The number of aliphatic imine (C=N–C) groups is 1. The van der Waals surface area contributed by atoms with Crippen molar-refractivity contribution in [2.24, 2.45) is 16.6 Å². The Kier molecular flexibility index (Phi) is 6.29. The summed E-state index contributed by atoms with van der Waals surface area (Å²) in [6.45, 7) is 8.45. The first-order chi connectivity index (χ1) is 12.6. The Hall–Kier alpha value is -2.33. The summed E-state index contributed by atoms with van der Waals surface area (Å²) in [6, 6.07) is 16.8. The molecule has 26 heavy (non-hydrogen) atoms. The Morgan fingerprint density at radius 1 is 1.12 bits per heavy atom. The van der Waals surface area contributed by atoms with Crippen molar-refractivity contribution in [3.8, 4) is 0 Å². The van der Waals surface area contributed by atoms with Gasteiger partial charge in [0.1, 0.15) is 0 Å². The first kappa shape index (κ1) is 18.5. The number of likely N-dealkylation sites (tertiary alicyclic amines) is 1. The van der Waals surface area contributed by atoms with Crippen LogP contribution >= 0.6 is 0 Å². The number of guanidine groups is 1. The molecule has 0 amide bonds. The van der Waals surface area contributed by atoms with E-state index >= 15 is 0 Å². The fourth-order valence-electron chi connectivity index (χ4n) is 3.31. The standard InChI is InChI=1S/C22H30N4/c1-17-6-8-21(9-7-17)25-22(23)24-15-19-4-3-5-20(14-19)16-26-12-10-18(2)11-13-26/h3-9,14,18H,10-13,15-16H2,1-2H3,(H3,23,24,25). The van der Waals surface area contributed by atoms with Gasteiger partial charge in [0.25, 0.3) is 0 Å². The SMILES string of the molecule is Cc1ccc(NC(N)=NCc2cccc(CN3CCC(C)CC3)c2)cc1. The molecule has 138 valence electrons. The molecule has 0 saturated carbocycles. The number of benzene rings is 2. The number of anilines is 1. The van der Waals surface area contributed by atoms with E-state index in [4.69, 9.17) is 5.73 Å². The van der Waals surface area contributed by atoms with Crippen LogP contribution in [0.3, 0.4) is 0 Å². The third kappa shape index (κ3) is 5.60. The normalized spacial score (nSPS) is 16.6. The van der Waals surface area contributed by atoms with Crippen LogP contribution in [-0.4, -0.2) is 23.9 Å². The Bertz CT molecular complexity index is 728. The third-order valence-corrected chi connectivity index (χ3v) is 5.03. The van der Waals surface area contributed by atoms with Crippen molar-refractivity contribution < 1.29 is 0 Å². The first-order valence-electron chi connectivity index (χ1n) is 9.52. The number of aryl methyl sites for hydroxylation is 1. The number of rotatable bonds is 5. The van der Waals surface area contributed by atoms with Gasteiger partial charge in [-0.15, -0.1) is 0 Å². The maximum Gasteiger partial charge on any atom is 0.193 e. The van der Waals surface area contributed by atoms with Crippen LogP contribution in [0.15, 0.2) is 53.5 Å². The highest BCUT2D eigenvalue weighted by Gasteiger charge is 2.15. The van der Waals surface area contributed by atoms with Gasteiger partial charge in [0.2, 0.25) is 0 Å². The largest absolute Gasteiger partial charge is 0.370 e. The van der Waals surface area contributed by atoms with Crippen LogP contribution in [0.1, 0.15) is 36.5 Å². The second-order valence-corrected chi connectivity index (χ2v) is 7.47. The van der Waals surface area contributed by atoms with Crippen LogP contribution in [0.4, 0.5) is 5.69 Å². The molecule has 0 aliphatic carbocycles. The van der Waals surface area contributed by atoms with E-state index in [1.165, 1.54) is 42.6 Å². The predicted molar refractivity (Wildman–Crippen MR) is 110 cm³/mol. The van der Waals surface area contributed by atoms with Crippen LogP contribution in [0.25, 0.3) is 0 Å². The van der Waals surface area contributed by atoms with Crippen LogP contribution in [0, 0.1) is 12.8 Å². The lowest BCUT2D eigenvalue weighted by Crippen LogP contribution is -2.32. The highest BCUT2D eigenvalue weighted by Crippen LogP contribution is 2.18. The van der Waals surface area contributed by atoms with Crippen molar-refractivity contribution in [2.45, 2.75) is 39.8 Å². The fourth-order valence-corrected chi connectivity index (χ4v) is 3.31. The van der Waals surface area contributed by atoms with Gasteiger partial charge in [-0.2, -0.15) is 0 Å². The molecule has 4 nitrogen and oxygen atoms in total. The maximum atomic E-state index is 6.02. The molecule has 4 heteroatoms. The molecular weight excluding hydrogens is 320 g/mol. The van der Waals surface area contributed by atoms with Crippen LogP contribution in [0.2, 0.25) is 0 Å². The minimum atomic E-state index is 0.448. The Labute approximate surface area is 157 Å². The zero-order valence-corrected chi connectivity index (χ0v) is 15.9. The average molecular weight is 351 g/mol. The summed E-state index contributed by atoms with van der Waals surface area (Å²) in [6.07, 6.45) is 2.62. The topological polar surface area (TPSA) is 53.6 Å². The van der Waals surface area contributed by atoms with E-state index in [1.807, 2.05) is 12.1 Å². The highest BCUT2D eigenvalue weighted by molar-refractivity contribution is 5.92. The Morgan fingerprint density at radius 2 is 1.81 bits per heavy atom. The summed E-state index contributed by atoms with van der Waals surface area (Å²) in [5, 5.41) is 3.14. The van der Waals surface area contributed by atoms with Crippen molar-refractivity contribution in [1.29, 1.82) is 0 Å². The molecule has 1 fully saturated rings. The van der Waals surface area contributed by atoms with Gasteiger partial charge in [-0.1, -0.05) is 48.9 Å². The summed E-state index contributed by atoms with van der Waals surface area (Å²) >= 11 is 0. The number of hydrogen-bond donors (Lipinski definition) is 2. The van der Waals surface area contributed by atoms with E-state index in [0.29, 0.717) is 12.5 Å². The molecule has 0 atom stereocenters. The van der Waals surface area contributed by atoms with Crippen molar-refractivity contribution in [2.75, 3.05) is 18.4 Å². The minimum absolute atomic E-state index is 0.448. The van der Waals surface area contributed by atoms with Crippen LogP contribution < -0.4 is 11.1 Å². The quantitative estimate of drug-likeness (QED) is 0.629. The number of piperidine rings is 1. The lowest BCUT2D eigenvalue weighted by molar-refractivity contribution is 0.185. The second-order valence-electron chi connectivity index (χ2n) is 7.47. The summed E-state index contributed by atoms with van der Waals surface area (Å²) in [4.78, 5) is 7.03. The van der Waals surface area contributed by atoms with Gasteiger partial charge in [-0.3, -0.25) is 4.90 Å². The van der Waals surface area contributed by atoms with Gasteiger partial charge in [0.05, 0.1) is 6.54 Å². The van der Waals surface area contributed by atoms with E-state index in [1.54, 1.807) is 0 Å². The van der Waals surface area contributed by atoms with Crippen molar-refractivity contribution in [3.05, 3.63) is 65.2 Å². The molecule has 3 N–H and O–H groups in total. The highest BCUT2D eigenvalue weighted by atomic mass is 15.1. The summed E-state index contributed by atoms with van der Waals surface area (Å²) < 4.78 is 0. The second kappa shape index (κ2) is 8.86. The smallest absolute Gasteiger partial charge is 0.193 e. The van der Waals surface area contributed by atoms with Gasteiger partial charge in [0, 0.05) is 12.2 Å². The van der Waals surface area contributed by atoms with Crippen molar-refractivity contribution >= 4 is 11.6 Å². The van der Waals surface area contributed by atoms with E-state index in [9.17, 15) is 0 Å². The van der Waals surface area contributed by atoms with Crippen molar-refractivity contribution in [3.63, 3.8) is 0 Å². The molecule has 0 bridgehead atoms. The fraction of sp³-hybridized carbons (Fsp3) is 0.409.